The zero-order chi connectivity index (χ0) is 11.8. The minimum atomic E-state index is 0.612. The molecule has 3 heteroatoms. The van der Waals surface area contributed by atoms with Crippen LogP contribution in [-0.4, -0.2) is 11.0 Å². The Morgan fingerprint density at radius 1 is 1.47 bits per heavy atom. The van der Waals surface area contributed by atoms with Gasteiger partial charge in [-0.2, -0.15) is 0 Å². The highest BCUT2D eigenvalue weighted by molar-refractivity contribution is 5.77. The molecular formula is C14H18N2O. The second-order valence-electron chi connectivity index (χ2n) is 4.91. The Balaban J connectivity index is 1.84. The van der Waals surface area contributed by atoms with Gasteiger partial charge >= 0.3 is 0 Å². The van der Waals surface area contributed by atoms with Crippen molar-refractivity contribution in [3.8, 4) is 0 Å². The number of anilines is 1. The first-order valence-electron chi connectivity index (χ1n) is 6.40. The Bertz CT molecular complexity index is 528. The second kappa shape index (κ2) is 4.06. The molecule has 3 nitrogen and oxygen atoms in total. The van der Waals surface area contributed by atoms with Gasteiger partial charge in [0.15, 0.2) is 11.5 Å². The Morgan fingerprint density at radius 3 is 3.00 bits per heavy atom. The molecule has 3 rings (SSSR count). The third kappa shape index (κ3) is 2.14. The number of aryl methyl sites for hydroxylation is 1. The Hall–Kier alpha value is -1.51. The number of nitrogens with zero attached hydrogens (tertiary/aromatic N) is 1. The van der Waals surface area contributed by atoms with Gasteiger partial charge in [0, 0.05) is 18.7 Å². The maximum absolute atomic E-state index is 5.48. The average molecular weight is 230 g/mol. The zero-order valence-electron chi connectivity index (χ0n) is 10.4. The monoisotopic (exact) mass is 230 g/mol. The molecule has 1 saturated carbocycles. The van der Waals surface area contributed by atoms with Crippen molar-refractivity contribution >= 4 is 16.8 Å². The van der Waals surface area contributed by atoms with Crippen LogP contribution >= 0.6 is 0 Å². The van der Waals surface area contributed by atoms with Crippen LogP contribution in [0, 0.1) is 12.8 Å². The fourth-order valence-corrected chi connectivity index (χ4v) is 2.40. The van der Waals surface area contributed by atoms with Crippen LogP contribution in [0.25, 0.3) is 11.1 Å². The molecule has 1 heterocycles. The van der Waals surface area contributed by atoms with Crippen LogP contribution in [-0.2, 0) is 0 Å². The van der Waals surface area contributed by atoms with Crippen LogP contribution in [0.15, 0.2) is 22.6 Å². The van der Waals surface area contributed by atoms with E-state index in [9.17, 15) is 0 Å². The minimum absolute atomic E-state index is 0.612. The Kier molecular flexibility index (Phi) is 2.54. The Labute approximate surface area is 101 Å². The third-order valence-electron chi connectivity index (χ3n) is 3.48. The quantitative estimate of drug-likeness (QED) is 0.869. The van der Waals surface area contributed by atoms with E-state index in [2.05, 4.69) is 29.4 Å². The van der Waals surface area contributed by atoms with Gasteiger partial charge < -0.3 is 9.73 Å². The molecule has 1 atom stereocenters. The lowest BCUT2D eigenvalue weighted by molar-refractivity contribution is 0.561. The molecule has 1 aliphatic carbocycles. The summed E-state index contributed by atoms with van der Waals surface area (Å²) in [4.78, 5) is 4.36. The van der Waals surface area contributed by atoms with Crippen molar-refractivity contribution in [2.75, 3.05) is 5.32 Å². The van der Waals surface area contributed by atoms with Crippen molar-refractivity contribution in [2.24, 2.45) is 5.92 Å². The first kappa shape index (κ1) is 10.6. The standard InChI is InChI=1S/C14H18N2O/c1-3-12(10-4-5-10)16-11-6-7-14-13(8-11)15-9(2)17-14/h6-8,10,12,16H,3-5H2,1-2H3. The van der Waals surface area contributed by atoms with Crippen LogP contribution < -0.4 is 5.32 Å². The molecule has 90 valence electrons. The number of hydrogen-bond acceptors (Lipinski definition) is 3. The molecular weight excluding hydrogens is 212 g/mol. The van der Waals surface area contributed by atoms with Crippen molar-refractivity contribution < 1.29 is 4.42 Å². The highest BCUT2D eigenvalue weighted by Gasteiger charge is 2.29. The zero-order valence-corrected chi connectivity index (χ0v) is 10.4. The molecule has 1 N–H and O–H groups in total. The van der Waals surface area contributed by atoms with E-state index in [1.54, 1.807) is 0 Å². The van der Waals surface area contributed by atoms with E-state index in [0.717, 1.165) is 28.6 Å². The number of oxazole rings is 1. The lowest BCUT2D eigenvalue weighted by Crippen LogP contribution is -2.20. The van der Waals surface area contributed by atoms with Crippen LogP contribution in [0.1, 0.15) is 32.1 Å². The van der Waals surface area contributed by atoms with E-state index in [1.807, 2.05) is 13.0 Å². The van der Waals surface area contributed by atoms with Crippen molar-refractivity contribution in [3.63, 3.8) is 0 Å². The number of aromatic nitrogens is 1. The topological polar surface area (TPSA) is 38.1 Å². The minimum Gasteiger partial charge on any atom is -0.441 e. The highest BCUT2D eigenvalue weighted by atomic mass is 16.3. The summed E-state index contributed by atoms with van der Waals surface area (Å²) in [6.07, 6.45) is 3.92. The van der Waals surface area contributed by atoms with Gasteiger partial charge in [0.25, 0.3) is 0 Å². The second-order valence-corrected chi connectivity index (χ2v) is 4.91. The molecule has 0 amide bonds. The average Bonchev–Trinajstić information content (AvgIpc) is 3.08. The fraction of sp³-hybridized carbons (Fsp3) is 0.500. The molecule has 1 aliphatic rings. The van der Waals surface area contributed by atoms with Crippen molar-refractivity contribution in [2.45, 2.75) is 39.2 Å². The number of hydrogen-bond donors (Lipinski definition) is 1. The van der Waals surface area contributed by atoms with Gasteiger partial charge in [-0.05, 0) is 43.4 Å². The van der Waals surface area contributed by atoms with E-state index in [1.165, 1.54) is 19.3 Å². The molecule has 0 saturated heterocycles. The molecule has 0 bridgehead atoms. The SMILES string of the molecule is CCC(Nc1ccc2oc(C)nc2c1)C1CC1. The van der Waals surface area contributed by atoms with E-state index in [4.69, 9.17) is 4.42 Å². The van der Waals surface area contributed by atoms with Gasteiger partial charge in [-0.3, -0.25) is 0 Å². The van der Waals surface area contributed by atoms with Gasteiger partial charge in [0.1, 0.15) is 5.52 Å². The summed E-state index contributed by atoms with van der Waals surface area (Å²) in [7, 11) is 0. The predicted molar refractivity (Wildman–Crippen MR) is 69.2 cm³/mol. The fourth-order valence-electron chi connectivity index (χ4n) is 2.40. The van der Waals surface area contributed by atoms with E-state index < -0.39 is 0 Å². The maximum Gasteiger partial charge on any atom is 0.192 e. The first-order valence-corrected chi connectivity index (χ1v) is 6.40. The predicted octanol–water partition coefficient (Wildman–Crippen LogP) is 3.74. The molecule has 1 fully saturated rings. The summed E-state index contributed by atoms with van der Waals surface area (Å²) in [6, 6.07) is 6.77. The molecule has 0 aliphatic heterocycles. The van der Waals surface area contributed by atoms with Crippen LogP contribution in [0.2, 0.25) is 0 Å². The first-order chi connectivity index (χ1) is 8.26. The van der Waals surface area contributed by atoms with Crippen LogP contribution in [0.3, 0.4) is 0 Å². The number of fused-ring (bicyclic) bond motifs is 1. The van der Waals surface area contributed by atoms with Gasteiger partial charge in [-0.25, -0.2) is 4.98 Å². The molecule has 0 spiro atoms. The third-order valence-corrected chi connectivity index (χ3v) is 3.48. The van der Waals surface area contributed by atoms with Crippen LogP contribution in [0.5, 0.6) is 0 Å². The Morgan fingerprint density at radius 2 is 2.29 bits per heavy atom. The molecule has 1 aromatic heterocycles. The number of benzene rings is 1. The van der Waals surface area contributed by atoms with Crippen molar-refractivity contribution in [3.05, 3.63) is 24.1 Å². The van der Waals surface area contributed by atoms with Crippen LogP contribution in [0.4, 0.5) is 5.69 Å². The summed E-state index contributed by atoms with van der Waals surface area (Å²) < 4.78 is 5.48. The van der Waals surface area contributed by atoms with Gasteiger partial charge in [-0.1, -0.05) is 6.92 Å². The number of nitrogens with one attached hydrogen (secondary N) is 1. The van der Waals surface area contributed by atoms with E-state index in [0.29, 0.717) is 6.04 Å². The smallest absolute Gasteiger partial charge is 0.192 e. The van der Waals surface area contributed by atoms with Crippen molar-refractivity contribution in [1.82, 2.24) is 4.98 Å². The van der Waals surface area contributed by atoms with E-state index >= 15 is 0 Å². The lowest BCUT2D eigenvalue weighted by Gasteiger charge is -2.17. The van der Waals surface area contributed by atoms with Gasteiger partial charge in [0.2, 0.25) is 0 Å². The summed E-state index contributed by atoms with van der Waals surface area (Å²) in [5, 5.41) is 3.61. The van der Waals surface area contributed by atoms with Gasteiger partial charge in [-0.15, -0.1) is 0 Å². The number of rotatable bonds is 4. The summed E-state index contributed by atoms with van der Waals surface area (Å²) >= 11 is 0. The molecule has 0 radical (unpaired) electrons. The van der Waals surface area contributed by atoms with Gasteiger partial charge in [0.05, 0.1) is 0 Å². The maximum atomic E-state index is 5.48. The molecule has 2 aromatic rings. The molecule has 1 unspecified atom stereocenters. The summed E-state index contributed by atoms with van der Waals surface area (Å²) in [5.74, 6) is 1.60. The lowest BCUT2D eigenvalue weighted by atomic mass is 10.1. The molecule has 1 aromatic carbocycles. The summed E-state index contributed by atoms with van der Waals surface area (Å²) in [6.45, 7) is 4.13. The normalized spacial score (nSPS) is 17.3. The summed E-state index contributed by atoms with van der Waals surface area (Å²) in [5.41, 5.74) is 2.97. The van der Waals surface area contributed by atoms with E-state index in [-0.39, 0.29) is 0 Å². The largest absolute Gasteiger partial charge is 0.441 e. The molecule has 17 heavy (non-hydrogen) atoms. The van der Waals surface area contributed by atoms with Crippen molar-refractivity contribution in [1.29, 1.82) is 0 Å². The highest BCUT2D eigenvalue weighted by Crippen LogP contribution is 2.35.